The Bertz CT molecular complexity index is 1100. The topological polar surface area (TPSA) is 78.4 Å². The molecule has 35 heavy (non-hydrogen) atoms. The SMILES string of the molecule is CC1CN(c2cc(Cl)nc(SCC(=O)NCc3cccc(C(F)(F)F)c3)n2)CCN1C(=O)C1CC1. The third-order valence-corrected chi connectivity index (χ3v) is 6.94. The fraction of sp³-hybridized carbons (Fsp3) is 0.478. The van der Waals surface area contributed by atoms with E-state index in [4.69, 9.17) is 11.6 Å². The van der Waals surface area contributed by atoms with Gasteiger partial charge in [0, 0.05) is 44.2 Å². The third-order valence-electron chi connectivity index (χ3n) is 5.90. The first-order chi connectivity index (χ1) is 16.6. The summed E-state index contributed by atoms with van der Waals surface area (Å²) in [5.74, 6) is 0.657. The number of piperazine rings is 1. The van der Waals surface area contributed by atoms with Gasteiger partial charge >= 0.3 is 6.18 Å². The number of benzene rings is 1. The number of hydrogen-bond acceptors (Lipinski definition) is 6. The van der Waals surface area contributed by atoms with Gasteiger partial charge < -0.3 is 15.1 Å². The van der Waals surface area contributed by atoms with Gasteiger partial charge in [-0.1, -0.05) is 35.5 Å². The van der Waals surface area contributed by atoms with Gasteiger partial charge in [-0.2, -0.15) is 13.2 Å². The normalized spacial score (nSPS) is 18.5. The molecule has 7 nitrogen and oxygen atoms in total. The molecule has 2 amide bonds. The van der Waals surface area contributed by atoms with Crippen molar-refractivity contribution in [3.05, 3.63) is 46.6 Å². The Morgan fingerprint density at radius 2 is 1.97 bits per heavy atom. The number of alkyl halides is 3. The summed E-state index contributed by atoms with van der Waals surface area (Å²) in [7, 11) is 0. The molecule has 1 unspecified atom stereocenters. The molecule has 2 aromatic rings. The zero-order chi connectivity index (χ0) is 25.2. The van der Waals surface area contributed by atoms with Gasteiger partial charge in [0.1, 0.15) is 11.0 Å². The minimum atomic E-state index is -4.44. The second-order valence-electron chi connectivity index (χ2n) is 8.70. The van der Waals surface area contributed by atoms with Crippen molar-refractivity contribution < 1.29 is 22.8 Å². The first-order valence-corrected chi connectivity index (χ1v) is 12.6. The van der Waals surface area contributed by atoms with Crippen molar-refractivity contribution in [1.82, 2.24) is 20.2 Å². The quantitative estimate of drug-likeness (QED) is 0.333. The predicted octanol–water partition coefficient (Wildman–Crippen LogP) is 4.00. The summed E-state index contributed by atoms with van der Waals surface area (Å²) in [6.07, 6.45) is -2.49. The summed E-state index contributed by atoms with van der Waals surface area (Å²) in [6, 6.07) is 6.53. The molecule has 1 N–H and O–H groups in total. The van der Waals surface area contributed by atoms with Crippen LogP contribution in [0.1, 0.15) is 30.9 Å². The summed E-state index contributed by atoms with van der Waals surface area (Å²) in [5, 5.41) is 3.18. The van der Waals surface area contributed by atoms with Gasteiger partial charge in [-0.05, 0) is 37.5 Å². The highest BCUT2D eigenvalue weighted by Crippen LogP contribution is 2.33. The number of halogens is 4. The number of thioether (sulfide) groups is 1. The summed E-state index contributed by atoms with van der Waals surface area (Å²) in [6.45, 7) is 3.84. The van der Waals surface area contributed by atoms with E-state index in [2.05, 4.69) is 15.3 Å². The maximum absolute atomic E-state index is 12.8. The van der Waals surface area contributed by atoms with Crippen LogP contribution in [0.25, 0.3) is 0 Å². The second-order valence-corrected chi connectivity index (χ2v) is 10.0. The molecule has 1 aliphatic carbocycles. The highest BCUT2D eigenvalue weighted by Gasteiger charge is 2.37. The predicted molar refractivity (Wildman–Crippen MR) is 127 cm³/mol. The Hall–Kier alpha value is -2.53. The van der Waals surface area contributed by atoms with E-state index < -0.39 is 11.7 Å². The number of aromatic nitrogens is 2. The molecule has 1 saturated heterocycles. The summed E-state index contributed by atoms with van der Waals surface area (Å²) < 4.78 is 38.5. The Morgan fingerprint density at radius 3 is 2.66 bits per heavy atom. The molecule has 12 heteroatoms. The van der Waals surface area contributed by atoms with Crippen molar-refractivity contribution in [3.63, 3.8) is 0 Å². The van der Waals surface area contributed by atoms with E-state index in [0.29, 0.717) is 36.2 Å². The fourth-order valence-electron chi connectivity index (χ4n) is 3.91. The van der Waals surface area contributed by atoms with E-state index in [9.17, 15) is 22.8 Å². The number of carbonyl (C=O) groups is 2. The molecule has 1 saturated carbocycles. The van der Waals surface area contributed by atoms with Crippen LogP contribution >= 0.6 is 23.4 Å². The maximum Gasteiger partial charge on any atom is 0.416 e. The van der Waals surface area contributed by atoms with Crippen LogP contribution in [0.5, 0.6) is 0 Å². The molecule has 4 rings (SSSR count). The van der Waals surface area contributed by atoms with Crippen LogP contribution in [-0.4, -0.2) is 58.1 Å². The van der Waals surface area contributed by atoms with Gasteiger partial charge in [0.25, 0.3) is 0 Å². The number of hydrogen-bond donors (Lipinski definition) is 1. The van der Waals surface area contributed by atoms with E-state index in [1.54, 1.807) is 6.07 Å². The van der Waals surface area contributed by atoms with Gasteiger partial charge in [0.15, 0.2) is 5.16 Å². The molecule has 0 radical (unpaired) electrons. The molecule has 0 bridgehead atoms. The maximum atomic E-state index is 12.8. The third kappa shape index (κ3) is 6.78. The van der Waals surface area contributed by atoms with Crippen LogP contribution in [0.2, 0.25) is 5.15 Å². The average molecular weight is 528 g/mol. The molecule has 1 aliphatic heterocycles. The molecule has 188 valence electrons. The lowest BCUT2D eigenvalue weighted by Crippen LogP contribution is -2.54. The Balaban J connectivity index is 1.30. The molecule has 2 aliphatic rings. The van der Waals surface area contributed by atoms with Gasteiger partial charge in [0.05, 0.1) is 11.3 Å². The minimum absolute atomic E-state index is 0.0151. The van der Waals surface area contributed by atoms with Gasteiger partial charge in [-0.25, -0.2) is 9.97 Å². The highest BCUT2D eigenvalue weighted by atomic mass is 35.5. The largest absolute Gasteiger partial charge is 0.416 e. The van der Waals surface area contributed by atoms with Crippen molar-refractivity contribution in [3.8, 4) is 0 Å². The fourth-order valence-corrected chi connectivity index (χ4v) is 4.82. The van der Waals surface area contributed by atoms with Crippen molar-refractivity contribution in [2.75, 3.05) is 30.3 Å². The smallest absolute Gasteiger partial charge is 0.353 e. The average Bonchev–Trinajstić information content (AvgIpc) is 3.66. The van der Waals surface area contributed by atoms with Crippen molar-refractivity contribution in [1.29, 1.82) is 0 Å². The Labute approximate surface area is 210 Å². The van der Waals surface area contributed by atoms with Crippen LogP contribution in [0, 0.1) is 5.92 Å². The molecule has 1 aromatic carbocycles. The number of carbonyl (C=O) groups excluding carboxylic acids is 2. The van der Waals surface area contributed by atoms with E-state index in [0.717, 1.165) is 36.7 Å². The molecule has 0 spiro atoms. The molecule has 2 heterocycles. The summed E-state index contributed by atoms with van der Waals surface area (Å²) >= 11 is 7.29. The van der Waals surface area contributed by atoms with Crippen LogP contribution in [0.15, 0.2) is 35.5 Å². The lowest BCUT2D eigenvalue weighted by molar-refractivity contribution is -0.137. The number of rotatable bonds is 7. The number of nitrogens with one attached hydrogen (secondary N) is 1. The Kier molecular flexibility index (Phi) is 7.75. The zero-order valence-electron chi connectivity index (χ0n) is 19.0. The first kappa shape index (κ1) is 25.6. The van der Waals surface area contributed by atoms with E-state index in [-0.39, 0.29) is 41.2 Å². The highest BCUT2D eigenvalue weighted by molar-refractivity contribution is 7.99. The molecular formula is C23H25ClF3N5O2S. The Morgan fingerprint density at radius 1 is 1.20 bits per heavy atom. The zero-order valence-corrected chi connectivity index (χ0v) is 20.6. The van der Waals surface area contributed by atoms with Crippen LogP contribution < -0.4 is 10.2 Å². The lowest BCUT2D eigenvalue weighted by atomic mass is 10.1. The monoisotopic (exact) mass is 527 g/mol. The summed E-state index contributed by atoms with van der Waals surface area (Å²) in [4.78, 5) is 37.4. The van der Waals surface area contributed by atoms with Gasteiger partial charge in [0.2, 0.25) is 11.8 Å². The summed E-state index contributed by atoms with van der Waals surface area (Å²) in [5.41, 5.74) is -0.404. The standard InChI is InChI=1S/C23H25ClF3N5O2S/c1-14-12-31(7-8-32(14)21(34)16-5-6-16)19-10-18(24)29-22(30-19)35-13-20(33)28-11-15-3-2-4-17(9-15)23(25,26)27/h2-4,9-10,14,16H,5-8,11-13H2,1H3,(H,28,33). The van der Waals surface area contributed by atoms with Crippen LogP contribution in [0.4, 0.5) is 19.0 Å². The van der Waals surface area contributed by atoms with E-state index in [1.165, 1.54) is 12.1 Å². The lowest BCUT2D eigenvalue weighted by Gasteiger charge is -2.40. The minimum Gasteiger partial charge on any atom is -0.353 e. The number of anilines is 1. The molecular weight excluding hydrogens is 503 g/mol. The van der Waals surface area contributed by atoms with Crippen LogP contribution in [0.3, 0.4) is 0 Å². The second kappa shape index (κ2) is 10.6. The van der Waals surface area contributed by atoms with Crippen molar-refractivity contribution in [2.24, 2.45) is 5.92 Å². The first-order valence-electron chi connectivity index (χ1n) is 11.3. The van der Waals surface area contributed by atoms with Gasteiger partial charge in [-0.15, -0.1) is 0 Å². The van der Waals surface area contributed by atoms with E-state index in [1.807, 2.05) is 16.7 Å². The van der Waals surface area contributed by atoms with Crippen molar-refractivity contribution in [2.45, 2.75) is 43.7 Å². The van der Waals surface area contributed by atoms with Crippen LogP contribution in [-0.2, 0) is 22.3 Å². The van der Waals surface area contributed by atoms with Crippen molar-refractivity contribution >= 4 is 41.0 Å². The molecule has 2 fully saturated rings. The molecule has 1 aromatic heterocycles. The number of nitrogens with zero attached hydrogens (tertiary/aromatic N) is 4. The molecule has 1 atom stereocenters. The van der Waals surface area contributed by atoms with E-state index >= 15 is 0 Å². The number of amides is 2. The van der Waals surface area contributed by atoms with Gasteiger partial charge in [-0.3, -0.25) is 9.59 Å².